The summed E-state index contributed by atoms with van der Waals surface area (Å²) in [6.07, 6.45) is 5.27. The molecular formula is C47H36N2O. The van der Waals surface area contributed by atoms with E-state index >= 15 is 0 Å². The molecule has 7 aromatic carbocycles. The van der Waals surface area contributed by atoms with Crippen LogP contribution in [0.2, 0.25) is 0 Å². The maximum atomic E-state index is 6.33. The molecule has 2 aromatic heterocycles. The number of fused-ring (bicyclic) bond motifs is 6. The summed E-state index contributed by atoms with van der Waals surface area (Å²) >= 11 is 0. The maximum absolute atomic E-state index is 6.33. The number of hydrogen-bond donors (Lipinski definition) is 0. The van der Waals surface area contributed by atoms with Gasteiger partial charge in [-0.25, -0.2) is 0 Å². The highest BCUT2D eigenvalue weighted by atomic mass is 16.3. The zero-order chi connectivity index (χ0) is 33.0. The Bertz CT molecular complexity index is 2580. The third-order valence-corrected chi connectivity index (χ3v) is 10.8. The highest BCUT2D eigenvalue weighted by Crippen LogP contribution is 2.41. The largest absolute Gasteiger partial charge is 0.456 e. The molecule has 0 saturated heterocycles. The number of para-hydroxylation sites is 3. The average Bonchev–Trinajstić information content (AvgIpc) is 3.93. The lowest BCUT2D eigenvalue weighted by Crippen LogP contribution is -2.10. The molecule has 0 N–H and O–H groups in total. The van der Waals surface area contributed by atoms with Crippen molar-refractivity contribution in [2.24, 2.45) is 0 Å². The molecule has 0 unspecified atom stereocenters. The van der Waals surface area contributed by atoms with Crippen molar-refractivity contribution < 1.29 is 4.42 Å². The Morgan fingerprint density at radius 2 is 0.980 bits per heavy atom. The molecule has 1 aliphatic carbocycles. The average molecular weight is 645 g/mol. The van der Waals surface area contributed by atoms with E-state index in [0.29, 0.717) is 5.92 Å². The second-order valence-corrected chi connectivity index (χ2v) is 13.7. The number of aromatic nitrogens is 1. The summed E-state index contributed by atoms with van der Waals surface area (Å²) in [5.74, 6) is 0.685. The van der Waals surface area contributed by atoms with E-state index in [1.54, 1.807) is 0 Å². The van der Waals surface area contributed by atoms with E-state index in [1.807, 2.05) is 12.1 Å². The van der Waals surface area contributed by atoms with Crippen LogP contribution in [-0.2, 0) is 0 Å². The van der Waals surface area contributed by atoms with Crippen molar-refractivity contribution in [1.29, 1.82) is 0 Å². The smallest absolute Gasteiger partial charge is 0.137 e. The molecule has 10 rings (SSSR count). The molecule has 240 valence electrons. The Balaban J connectivity index is 1.01. The molecule has 0 amide bonds. The quantitative estimate of drug-likeness (QED) is 0.180. The van der Waals surface area contributed by atoms with E-state index < -0.39 is 0 Å². The second kappa shape index (κ2) is 11.8. The molecule has 1 saturated carbocycles. The van der Waals surface area contributed by atoms with Gasteiger partial charge in [0.15, 0.2) is 0 Å². The first-order valence-electron chi connectivity index (χ1n) is 17.8. The fourth-order valence-corrected chi connectivity index (χ4v) is 8.26. The van der Waals surface area contributed by atoms with Gasteiger partial charge in [0.2, 0.25) is 0 Å². The summed E-state index contributed by atoms with van der Waals surface area (Å²) in [5, 5.41) is 4.84. The summed E-state index contributed by atoms with van der Waals surface area (Å²) in [6.45, 7) is 0. The van der Waals surface area contributed by atoms with Gasteiger partial charge in [0.25, 0.3) is 0 Å². The van der Waals surface area contributed by atoms with E-state index in [1.165, 1.54) is 64.2 Å². The Hall–Kier alpha value is -6.06. The number of anilines is 3. The minimum Gasteiger partial charge on any atom is -0.456 e. The Morgan fingerprint density at radius 3 is 1.64 bits per heavy atom. The molecule has 1 aliphatic rings. The summed E-state index contributed by atoms with van der Waals surface area (Å²) in [5.41, 5.74) is 12.6. The van der Waals surface area contributed by atoms with Gasteiger partial charge in [-0.3, -0.25) is 0 Å². The summed E-state index contributed by atoms with van der Waals surface area (Å²) in [4.78, 5) is 2.35. The van der Waals surface area contributed by atoms with Crippen molar-refractivity contribution in [3.05, 3.63) is 169 Å². The normalized spacial score (nSPS) is 13.6. The van der Waals surface area contributed by atoms with Crippen LogP contribution in [0.4, 0.5) is 17.1 Å². The minimum atomic E-state index is 0.685. The van der Waals surface area contributed by atoms with Crippen molar-refractivity contribution in [1.82, 2.24) is 4.57 Å². The van der Waals surface area contributed by atoms with Gasteiger partial charge in [-0.15, -0.1) is 0 Å². The SMILES string of the molecule is c1ccc2c(c1)oc1cc(N(c3ccc(-c4ccc(-n5c6ccccc6c6ccccc65)cc4)cc3)c3ccc(C4CCCC4)cc3)ccc12. The monoisotopic (exact) mass is 644 g/mol. The molecule has 0 spiro atoms. The maximum Gasteiger partial charge on any atom is 0.137 e. The fraction of sp³-hybridized carbons (Fsp3) is 0.106. The first-order chi connectivity index (χ1) is 24.8. The molecule has 0 atom stereocenters. The zero-order valence-corrected chi connectivity index (χ0v) is 27.8. The number of rotatable bonds is 6. The summed E-state index contributed by atoms with van der Waals surface area (Å²) < 4.78 is 8.70. The fourth-order valence-electron chi connectivity index (χ4n) is 8.26. The van der Waals surface area contributed by atoms with Gasteiger partial charge < -0.3 is 13.9 Å². The van der Waals surface area contributed by atoms with E-state index in [-0.39, 0.29) is 0 Å². The van der Waals surface area contributed by atoms with Crippen molar-refractivity contribution in [3.63, 3.8) is 0 Å². The van der Waals surface area contributed by atoms with Gasteiger partial charge in [0.1, 0.15) is 11.2 Å². The molecular weight excluding hydrogens is 609 g/mol. The summed E-state index contributed by atoms with van der Waals surface area (Å²) in [6, 6.07) is 59.4. The van der Waals surface area contributed by atoms with Gasteiger partial charge >= 0.3 is 0 Å². The van der Waals surface area contributed by atoms with Crippen LogP contribution in [0.15, 0.2) is 168 Å². The highest BCUT2D eigenvalue weighted by Gasteiger charge is 2.19. The number of hydrogen-bond acceptors (Lipinski definition) is 2. The van der Waals surface area contributed by atoms with E-state index in [4.69, 9.17) is 4.42 Å². The van der Waals surface area contributed by atoms with Gasteiger partial charge in [-0.05, 0) is 102 Å². The first-order valence-corrected chi connectivity index (χ1v) is 17.8. The second-order valence-electron chi connectivity index (χ2n) is 13.7. The van der Waals surface area contributed by atoms with Crippen molar-refractivity contribution in [3.8, 4) is 16.8 Å². The Labute approximate surface area is 291 Å². The van der Waals surface area contributed by atoms with Crippen LogP contribution < -0.4 is 4.90 Å². The van der Waals surface area contributed by atoms with E-state index in [2.05, 4.69) is 161 Å². The predicted molar refractivity (Wildman–Crippen MR) is 209 cm³/mol. The molecule has 0 radical (unpaired) electrons. The van der Waals surface area contributed by atoms with Crippen LogP contribution in [0, 0.1) is 0 Å². The first kappa shape index (κ1) is 28.9. The highest BCUT2D eigenvalue weighted by molar-refractivity contribution is 6.09. The van der Waals surface area contributed by atoms with Crippen molar-refractivity contribution in [2.75, 3.05) is 4.90 Å². The van der Waals surface area contributed by atoms with Gasteiger partial charge in [0.05, 0.1) is 11.0 Å². The summed E-state index contributed by atoms with van der Waals surface area (Å²) in [7, 11) is 0. The Kier molecular flexibility index (Phi) is 6.83. The van der Waals surface area contributed by atoms with Crippen LogP contribution in [0.25, 0.3) is 60.6 Å². The molecule has 1 fully saturated rings. The van der Waals surface area contributed by atoms with Crippen LogP contribution in [0.5, 0.6) is 0 Å². The lowest BCUT2D eigenvalue weighted by molar-refractivity contribution is 0.669. The van der Waals surface area contributed by atoms with Crippen LogP contribution in [0.1, 0.15) is 37.2 Å². The topological polar surface area (TPSA) is 21.3 Å². The van der Waals surface area contributed by atoms with Crippen LogP contribution in [0.3, 0.4) is 0 Å². The molecule has 9 aromatic rings. The lowest BCUT2D eigenvalue weighted by Gasteiger charge is -2.26. The van der Waals surface area contributed by atoms with E-state index in [0.717, 1.165) is 44.7 Å². The molecule has 3 heteroatoms. The van der Waals surface area contributed by atoms with Crippen molar-refractivity contribution in [2.45, 2.75) is 31.6 Å². The standard InChI is InChI=1S/C47H36N2O/c1-2-10-32(9-1)33-17-23-36(24-18-33)48(39-29-30-43-42-13-5-8-16-46(42)50-47(43)31-39)37-25-19-34(20-26-37)35-21-27-38(28-22-35)49-44-14-6-3-11-40(44)41-12-4-7-15-45(41)49/h3-8,11-32H,1-2,9-10H2. The van der Waals surface area contributed by atoms with Crippen molar-refractivity contribution >= 4 is 60.8 Å². The number of nitrogens with zero attached hydrogens (tertiary/aromatic N) is 2. The van der Waals surface area contributed by atoms with Gasteiger partial charge in [-0.2, -0.15) is 0 Å². The van der Waals surface area contributed by atoms with Crippen LogP contribution in [-0.4, -0.2) is 4.57 Å². The van der Waals surface area contributed by atoms with E-state index in [9.17, 15) is 0 Å². The van der Waals surface area contributed by atoms with Gasteiger partial charge in [-0.1, -0.05) is 104 Å². The number of benzene rings is 7. The third kappa shape index (κ3) is 4.81. The zero-order valence-electron chi connectivity index (χ0n) is 27.8. The molecule has 0 aliphatic heterocycles. The minimum absolute atomic E-state index is 0.685. The van der Waals surface area contributed by atoms with Gasteiger partial charge in [0, 0.05) is 50.4 Å². The lowest BCUT2D eigenvalue weighted by atomic mass is 9.97. The Morgan fingerprint density at radius 1 is 0.460 bits per heavy atom. The number of furan rings is 1. The molecule has 0 bridgehead atoms. The third-order valence-electron chi connectivity index (χ3n) is 10.8. The van der Waals surface area contributed by atoms with Crippen LogP contribution >= 0.6 is 0 Å². The molecule has 50 heavy (non-hydrogen) atoms. The molecule has 2 heterocycles. The predicted octanol–water partition coefficient (Wildman–Crippen LogP) is 13.5. The molecule has 3 nitrogen and oxygen atoms in total.